The first kappa shape index (κ1) is 23.5. The average Bonchev–Trinajstić information content (AvgIpc) is 2.60. The van der Waals surface area contributed by atoms with Gasteiger partial charge in [0.1, 0.15) is 15.9 Å². The smallest absolute Gasteiger partial charge is 0.349 e. The predicted octanol–water partition coefficient (Wildman–Crippen LogP) is 3.77. The van der Waals surface area contributed by atoms with E-state index in [-0.39, 0.29) is 5.75 Å². The first-order chi connectivity index (χ1) is 12.5. The van der Waals surface area contributed by atoms with Crippen LogP contribution in [0.4, 0.5) is 0 Å². The molecular formula is C15H7I4O7S-. The van der Waals surface area contributed by atoms with E-state index in [1.807, 2.05) is 22.6 Å². The van der Waals surface area contributed by atoms with E-state index in [9.17, 15) is 22.6 Å². The quantitative estimate of drug-likeness (QED) is 0.113. The summed E-state index contributed by atoms with van der Waals surface area (Å²) in [5.74, 6) is -1.47. The summed E-state index contributed by atoms with van der Waals surface area (Å²) in [5, 5.41) is 0. The highest BCUT2D eigenvalue weighted by Gasteiger charge is 2.19. The van der Waals surface area contributed by atoms with Gasteiger partial charge in [0.05, 0.1) is 10.5 Å². The lowest BCUT2D eigenvalue weighted by Gasteiger charge is -2.11. The lowest BCUT2D eigenvalue weighted by atomic mass is 10.2. The normalized spacial score (nSPS) is 11.1. The third-order valence-electron chi connectivity index (χ3n) is 2.99. The van der Waals surface area contributed by atoms with E-state index in [1.165, 1.54) is 0 Å². The van der Waals surface area contributed by atoms with E-state index in [0.29, 0.717) is 5.56 Å². The number of benzene rings is 2. The maximum atomic E-state index is 12.2. The highest BCUT2D eigenvalue weighted by atomic mass is 127. The van der Waals surface area contributed by atoms with Crippen LogP contribution in [0.15, 0.2) is 35.2 Å². The second-order valence-corrected chi connectivity index (χ2v) is 10.6. The van der Waals surface area contributed by atoms with Crippen LogP contribution in [0.5, 0.6) is 5.75 Å². The molecular weight excluding hydrogens is 832 g/mol. The molecule has 0 amide bonds. The summed E-state index contributed by atoms with van der Waals surface area (Å²) in [6, 6.07) is 6.06. The van der Waals surface area contributed by atoms with Gasteiger partial charge >= 0.3 is 11.9 Å². The van der Waals surface area contributed by atoms with Crippen LogP contribution in [0.3, 0.4) is 0 Å². The van der Waals surface area contributed by atoms with Gasteiger partial charge in [-0.05, 0) is 121 Å². The number of ether oxygens (including phenoxy) is 2. The molecule has 0 aromatic heterocycles. The summed E-state index contributed by atoms with van der Waals surface area (Å²) in [5.41, 5.74) is 0.350. The number of carbonyl (C=O) groups excluding carboxylic acids is 2. The van der Waals surface area contributed by atoms with E-state index in [4.69, 9.17) is 9.47 Å². The standard InChI is InChI=1S/C15H8I4O7S/c16-10-5-9(12(17)14(19)13(10)18)15(21)25-6-11(20)26-7-1-3-8(4-2-7)27(22,23)24/h1-5H,6H2,(H,22,23,24)/p-1. The minimum atomic E-state index is -4.58. The van der Waals surface area contributed by atoms with E-state index < -0.39 is 33.6 Å². The summed E-state index contributed by atoms with van der Waals surface area (Å²) in [7, 11) is -4.58. The van der Waals surface area contributed by atoms with Crippen molar-refractivity contribution in [2.75, 3.05) is 6.61 Å². The second-order valence-electron chi connectivity index (χ2n) is 4.82. The minimum absolute atomic E-state index is 0.0244. The molecule has 0 atom stereocenters. The topological polar surface area (TPSA) is 110 Å². The van der Waals surface area contributed by atoms with E-state index in [2.05, 4.69) is 67.8 Å². The number of rotatable bonds is 5. The van der Waals surface area contributed by atoms with Crippen LogP contribution >= 0.6 is 90.4 Å². The Morgan fingerprint density at radius 1 is 0.963 bits per heavy atom. The molecule has 0 unspecified atom stereocenters. The number of hydrogen-bond acceptors (Lipinski definition) is 7. The largest absolute Gasteiger partial charge is 0.744 e. The van der Waals surface area contributed by atoms with Crippen LogP contribution in [0.1, 0.15) is 10.4 Å². The summed E-state index contributed by atoms with van der Waals surface area (Å²) < 4.78 is 46.1. The van der Waals surface area contributed by atoms with Gasteiger partial charge in [0, 0.05) is 14.3 Å². The zero-order valence-electron chi connectivity index (χ0n) is 12.9. The van der Waals surface area contributed by atoms with Crippen molar-refractivity contribution in [3.63, 3.8) is 0 Å². The van der Waals surface area contributed by atoms with Crippen LogP contribution in [0.25, 0.3) is 0 Å². The highest BCUT2D eigenvalue weighted by Crippen LogP contribution is 2.29. The van der Waals surface area contributed by atoms with Gasteiger partial charge in [0.25, 0.3) is 0 Å². The molecule has 0 radical (unpaired) electrons. The molecule has 0 spiro atoms. The van der Waals surface area contributed by atoms with Crippen molar-refractivity contribution in [2.24, 2.45) is 0 Å². The first-order valence-corrected chi connectivity index (χ1v) is 12.5. The van der Waals surface area contributed by atoms with Crippen molar-refractivity contribution in [1.82, 2.24) is 0 Å². The molecule has 27 heavy (non-hydrogen) atoms. The van der Waals surface area contributed by atoms with Gasteiger partial charge < -0.3 is 14.0 Å². The SMILES string of the molecule is O=C(COC(=O)c1cc(I)c(I)c(I)c1I)Oc1ccc(S(=O)(=O)[O-])cc1. The second kappa shape index (κ2) is 9.81. The van der Waals surface area contributed by atoms with Gasteiger partial charge in [0.15, 0.2) is 6.61 Å². The summed E-state index contributed by atoms with van der Waals surface area (Å²) in [4.78, 5) is 23.6. The monoisotopic (exact) mass is 839 g/mol. The minimum Gasteiger partial charge on any atom is -0.744 e. The van der Waals surface area contributed by atoms with Crippen molar-refractivity contribution in [3.8, 4) is 5.75 Å². The van der Waals surface area contributed by atoms with Crippen LogP contribution in [0, 0.1) is 14.3 Å². The van der Waals surface area contributed by atoms with Crippen LogP contribution in [0.2, 0.25) is 0 Å². The Kier molecular flexibility index (Phi) is 8.53. The molecule has 0 bridgehead atoms. The van der Waals surface area contributed by atoms with Crippen molar-refractivity contribution in [2.45, 2.75) is 4.90 Å². The van der Waals surface area contributed by atoms with Gasteiger partial charge in [-0.2, -0.15) is 0 Å². The summed E-state index contributed by atoms with van der Waals surface area (Å²) in [6.45, 7) is -0.615. The van der Waals surface area contributed by atoms with Crippen LogP contribution in [-0.2, 0) is 19.6 Å². The van der Waals surface area contributed by atoms with Crippen LogP contribution in [-0.4, -0.2) is 31.5 Å². The summed E-state index contributed by atoms with van der Waals surface area (Å²) in [6.07, 6.45) is 0. The van der Waals surface area contributed by atoms with E-state index in [1.54, 1.807) is 6.07 Å². The number of carbonyl (C=O) groups is 2. The molecule has 0 aliphatic heterocycles. The molecule has 12 heteroatoms. The lowest BCUT2D eigenvalue weighted by molar-refractivity contribution is -0.137. The molecule has 7 nitrogen and oxygen atoms in total. The first-order valence-electron chi connectivity index (χ1n) is 6.77. The van der Waals surface area contributed by atoms with Gasteiger partial charge in [-0.3, -0.25) is 0 Å². The van der Waals surface area contributed by atoms with Gasteiger partial charge in [-0.15, -0.1) is 0 Å². The van der Waals surface area contributed by atoms with Gasteiger partial charge in [-0.25, -0.2) is 18.0 Å². The molecule has 2 aromatic carbocycles. The van der Waals surface area contributed by atoms with E-state index in [0.717, 1.165) is 38.5 Å². The number of esters is 2. The Balaban J connectivity index is 2.01. The molecule has 2 rings (SSSR count). The van der Waals surface area contributed by atoms with E-state index >= 15 is 0 Å². The summed E-state index contributed by atoms with van der Waals surface area (Å²) >= 11 is 8.47. The zero-order valence-corrected chi connectivity index (χ0v) is 22.3. The van der Waals surface area contributed by atoms with Gasteiger partial charge in [-0.1, -0.05) is 0 Å². The maximum Gasteiger partial charge on any atom is 0.349 e. The molecule has 0 heterocycles. The Bertz CT molecular complexity index is 1000. The van der Waals surface area contributed by atoms with Crippen molar-refractivity contribution in [3.05, 3.63) is 50.2 Å². The number of halogens is 4. The molecule has 2 aromatic rings. The fourth-order valence-corrected chi connectivity index (χ4v) is 5.49. The Morgan fingerprint density at radius 3 is 2.11 bits per heavy atom. The molecule has 144 valence electrons. The lowest BCUT2D eigenvalue weighted by Crippen LogP contribution is -2.20. The zero-order chi connectivity index (χ0) is 20.4. The molecule has 0 aliphatic rings. The van der Waals surface area contributed by atoms with Gasteiger partial charge in [0.2, 0.25) is 0 Å². The maximum absolute atomic E-state index is 12.2. The highest BCUT2D eigenvalue weighted by molar-refractivity contribution is 14.1. The Hall–Kier alpha value is 0.210. The molecule has 0 fully saturated rings. The average molecular weight is 839 g/mol. The number of hydrogen-bond donors (Lipinski definition) is 0. The molecule has 0 aliphatic carbocycles. The Labute approximate surface area is 209 Å². The third kappa shape index (κ3) is 6.34. The van der Waals surface area contributed by atoms with Crippen molar-refractivity contribution >= 4 is 112 Å². The fourth-order valence-electron chi connectivity index (χ4n) is 1.76. The predicted molar refractivity (Wildman–Crippen MR) is 128 cm³/mol. The fraction of sp³-hybridized carbons (Fsp3) is 0.0667. The van der Waals surface area contributed by atoms with Crippen LogP contribution < -0.4 is 4.74 Å². The molecule has 0 N–H and O–H groups in total. The Morgan fingerprint density at radius 2 is 1.56 bits per heavy atom. The molecule has 0 saturated heterocycles. The van der Waals surface area contributed by atoms with Crippen molar-refractivity contribution in [1.29, 1.82) is 0 Å². The molecule has 0 saturated carbocycles. The van der Waals surface area contributed by atoms with Crippen molar-refractivity contribution < 1.29 is 32.0 Å². The third-order valence-corrected chi connectivity index (χ3v) is 11.1.